The summed E-state index contributed by atoms with van der Waals surface area (Å²) >= 11 is 0. The molecule has 3 N–H and O–H groups in total. The Morgan fingerprint density at radius 2 is 1.86 bits per heavy atom. The normalized spacial score (nSPS) is 16.1. The molecule has 1 atom stereocenters. The Bertz CT molecular complexity index is 652. The van der Waals surface area contributed by atoms with Crippen LogP contribution < -0.4 is 30.3 Å². The van der Waals surface area contributed by atoms with Gasteiger partial charge in [-0.15, -0.1) is 24.0 Å². The number of aliphatic imine (C=N–C) groups is 1. The van der Waals surface area contributed by atoms with Crippen molar-refractivity contribution in [2.75, 3.05) is 66.1 Å². The van der Waals surface area contributed by atoms with Crippen molar-refractivity contribution in [3.8, 4) is 11.5 Å². The number of carbonyl (C=O) groups excluding carboxylic acids is 1. The number of hydrogen-bond donors (Lipinski definition) is 3. The van der Waals surface area contributed by atoms with Gasteiger partial charge in [0, 0.05) is 63.7 Å². The molecule has 1 aliphatic heterocycles. The Hall–Kier alpha value is -1.95. The molecule has 10 heteroatoms. The number of ether oxygens (including phenoxy) is 3. The van der Waals surface area contributed by atoms with E-state index >= 15 is 0 Å². The lowest BCUT2D eigenvalue weighted by atomic mass is 10.2. The van der Waals surface area contributed by atoms with Gasteiger partial charge in [-0.2, -0.15) is 0 Å². The maximum absolute atomic E-state index is 11.8. The van der Waals surface area contributed by atoms with Gasteiger partial charge in [0.2, 0.25) is 5.91 Å². The molecule has 1 aromatic carbocycles. The zero-order valence-corrected chi connectivity index (χ0v) is 19.8. The van der Waals surface area contributed by atoms with Crippen molar-refractivity contribution in [2.24, 2.45) is 4.99 Å². The molecule has 0 spiro atoms. The van der Waals surface area contributed by atoms with E-state index in [-0.39, 0.29) is 42.5 Å². The summed E-state index contributed by atoms with van der Waals surface area (Å²) in [4.78, 5) is 18.3. The lowest BCUT2D eigenvalue weighted by Gasteiger charge is -2.21. The van der Waals surface area contributed by atoms with Crippen molar-refractivity contribution in [3.63, 3.8) is 0 Å². The zero-order valence-electron chi connectivity index (χ0n) is 17.5. The minimum absolute atomic E-state index is 0. The number of guanidine groups is 1. The molecule has 2 rings (SSSR count). The maximum atomic E-state index is 11.8. The summed E-state index contributed by atoms with van der Waals surface area (Å²) in [5.74, 6) is 2.04. The van der Waals surface area contributed by atoms with Gasteiger partial charge in [0.05, 0.1) is 27.4 Å². The lowest BCUT2D eigenvalue weighted by Crippen LogP contribution is -2.47. The number of halogens is 1. The number of carbonyl (C=O) groups is 1. The molecule has 0 aromatic heterocycles. The number of hydrogen-bond acceptors (Lipinski definition) is 6. The van der Waals surface area contributed by atoms with Gasteiger partial charge in [-0.3, -0.25) is 9.79 Å². The fourth-order valence-electron chi connectivity index (χ4n) is 2.99. The summed E-state index contributed by atoms with van der Waals surface area (Å²) in [6.45, 7) is 2.86. The zero-order chi connectivity index (χ0) is 20.4. The van der Waals surface area contributed by atoms with E-state index in [2.05, 4.69) is 25.8 Å². The van der Waals surface area contributed by atoms with Gasteiger partial charge in [-0.1, -0.05) is 0 Å². The summed E-state index contributed by atoms with van der Waals surface area (Å²) in [6.07, 6.45) is 0.959. The Balaban J connectivity index is 0.00000420. The van der Waals surface area contributed by atoms with Crippen LogP contribution in [0.25, 0.3) is 0 Å². The summed E-state index contributed by atoms with van der Waals surface area (Å²) in [7, 11) is 6.59. The molecule has 1 aromatic rings. The molecule has 1 saturated heterocycles. The van der Waals surface area contributed by atoms with Gasteiger partial charge in [0.1, 0.15) is 11.5 Å². The SMILES string of the molecule is CN=C(NCC(=O)NCCOC)NC1CCN(c2cc(OC)cc(OC)c2)C1.I. The smallest absolute Gasteiger partial charge is 0.239 e. The summed E-state index contributed by atoms with van der Waals surface area (Å²) in [6, 6.07) is 6.09. The Morgan fingerprint density at radius 3 is 2.45 bits per heavy atom. The predicted octanol–water partition coefficient (Wildman–Crippen LogP) is 0.828. The number of nitrogens with one attached hydrogen (secondary N) is 3. The summed E-state index contributed by atoms with van der Waals surface area (Å²) in [5.41, 5.74) is 1.06. The van der Waals surface area contributed by atoms with Crippen LogP contribution in [0.15, 0.2) is 23.2 Å². The lowest BCUT2D eigenvalue weighted by molar-refractivity contribution is -0.120. The van der Waals surface area contributed by atoms with Crippen LogP contribution in [-0.2, 0) is 9.53 Å². The van der Waals surface area contributed by atoms with E-state index in [1.165, 1.54) is 0 Å². The molecule has 0 bridgehead atoms. The highest BCUT2D eigenvalue weighted by atomic mass is 127. The fraction of sp³-hybridized carbons (Fsp3) is 0.579. The fourth-order valence-corrected chi connectivity index (χ4v) is 2.99. The van der Waals surface area contributed by atoms with Crippen molar-refractivity contribution in [3.05, 3.63) is 18.2 Å². The first-order valence-electron chi connectivity index (χ1n) is 9.30. The minimum Gasteiger partial charge on any atom is -0.497 e. The molecule has 0 aliphatic carbocycles. The molecule has 0 saturated carbocycles. The molecule has 1 heterocycles. The van der Waals surface area contributed by atoms with E-state index in [1.807, 2.05) is 18.2 Å². The van der Waals surface area contributed by atoms with E-state index in [0.29, 0.717) is 19.1 Å². The highest BCUT2D eigenvalue weighted by Gasteiger charge is 2.24. The van der Waals surface area contributed by atoms with Crippen LogP contribution >= 0.6 is 24.0 Å². The van der Waals surface area contributed by atoms with Crippen LogP contribution in [0.4, 0.5) is 5.69 Å². The van der Waals surface area contributed by atoms with Gasteiger partial charge in [-0.05, 0) is 6.42 Å². The average molecular weight is 521 g/mol. The van der Waals surface area contributed by atoms with Crippen LogP contribution in [0.5, 0.6) is 11.5 Å². The predicted molar refractivity (Wildman–Crippen MR) is 125 cm³/mol. The van der Waals surface area contributed by atoms with E-state index in [4.69, 9.17) is 14.2 Å². The monoisotopic (exact) mass is 521 g/mol. The minimum atomic E-state index is -0.100. The van der Waals surface area contributed by atoms with E-state index < -0.39 is 0 Å². The summed E-state index contributed by atoms with van der Waals surface area (Å²) < 4.78 is 15.6. The van der Waals surface area contributed by atoms with Crippen LogP contribution in [0.2, 0.25) is 0 Å². The maximum Gasteiger partial charge on any atom is 0.239 e. The van der Waals surface area contributed by atoms with Gasteiger partial charge in [-0.25, -0.2) is 0 Å². The third kappa shape index (κ3) is 8.13. The van der Waals surface area contributed by atoms with Crippen LogP contribution in [0.3, 0.4) is 0 Å². The number of rotatable bonds is 9. The molecule has 1 unspecified atom stereocenters. The topological polar surface area (TPSA) is 96.5 Å². The van der Waals surface area contributed by atoms with Gasteiger partial charge in [0.15, 0.2) is 5.96 Å². The third-order valence-corrected chi connectivity index (χ3v) is 4.50. The molecule has 1 fully saturated rings. The van der Waals surface area contributed by atoms with Gasteiger partial charge < -0.3 is 35.1 Å². The van der Waals surface area contributed by atoms with Crippen molar-refractivity contribution in [2.45, 2.75) is 12.5 Å². The quantitative estimate of drug-likeness (QED) is 0.192. The number of methoxy groups -OCH3 is 3. The van der Waals surface area contributed by atoms with Crippen LogP contribution in [-0.4, -0.2) is 79.1 Å². The summed E-state index contributed by atoms with van der Waals surface area (Å²) in [5, 5.41) is 9.18. The van der Waals surface area contributed by atoms with E-state index in [9.17, 15) is 4.79 Å². The Kier molecular flexibility index (Phi) is 11.5. The number of amides is 1. The largest absolute Gasteiger partial charge is 0.497 e. The molecular formula is C19H32IN5O4. The van der Waals surface area contributed by atoms with Crippen LogP contribution in [0, 0.1) is 0 Å². The van der Waals surface area contributed by atoms with E-state index in [1.54, 1.807) is 28.4 Å². The number of nitrogens with zero attached hydrogens (tertiary/aromatic N) is 2. The number of anilines is 1. The molecule has 164 valence electrons. The van der Waals surface area contributed by atoms with Crippen molar-refractivity contribution >= 4 is 41.5 Å². The molecule has 0 radical (unpaired) electrons. The van der Waals surface area contributed by atoms with Crippen molar-refractivity contribution in [1.29, 1.82) is 0 Å². The van der Waals surface area contributed by atoms with Crippen molar-refractivity contribution < 1.29 is 19.0 Å². The number of benzene rings is 1. The van der Waals surface area contributed by atoms with Crippen LogP contribution in [0.1, 0.15) is 6.42 Å². The molecule has 29 heavy (non-hydrogen) atoms. The average Bonchev–Trinajstić information content (AvgIpc) is 3.19. The Morgan fingerprint density at radius 1 is 1.17 bits per heavy atom. The molecular weight excluding hydrogens is 489 g/mol. The first-order valence-corrected chi connectivity index (χ1v) is 9.30. The second-order valence-corrected chi connectivity index (χ2v) is 6.42. The van der Waals surface area contributed by atoms with Crippen molar-refractivity contribution in [1.82, 2.24) is 16.0 Å². The standard InChI is InChI=1S/C19H31N5O4.HI/c1-20-19(22-12-18(25)21-6-8-26-2)23-14-5-7-24(13-14)15-9-16(27-3)11-17(10-15)28-4;/h9-11,14H,5-8,12-13H2,1-4H3,(H,21,25)(H2,20,22,23);1H. The highest BCUT2D eigenvalue weighted by Crippen LogP contribution is 2.30. The Labute approximate surface area is 189 Å². The highest BCUT2D eigenvalue weighted by molar-refractivity contribution is 14.0. The van der Waals surface area contributed by atoms with Gasteiger partial charge in [0.25, 0.3) is 0 Å². The third-order valence-electron chi connectivity index (χ3n) is 4.50. The first kappa shape index (κ1) is 25.1. The second-order valence-electron chi connectivity index (χ2n) is 6.42. The molecule has 1 amide bonds. The second kappa shape index (κ2) is 13.3. The van der Waals surface area contributed by atoms with E-state index in [0.717, 1.165) is 36.7 Å². The van der Waals surface area contributed by atoms with Gasteiger partial charge >= 0.3 is 0 Å². The molecule has 9 nitrogen and oxygen atoms in total. The first-order chi connectivity index (χ1) is 13.6. The molecule has 1 aliphatic rings.